The number of aromatic hydroxyl groups is 1. The van der Waals surface area contributed by atoms with Gasteiger partial charge in [0, 0.05) is 30.6 Å². The fourth-order valence-electron chi connectivity index (χ4n) is 5.93. The second-order valence-corrected chi connectivity index (χ2v) is 13.4. The number of carbonyl (C=O) groups is 3. The number of ether oxygens (including phenoxy) is 1. The summed E-state index contributed by atoms with van der Waals surface area (Å²) in [5.74, 6) is -0.530. The average molecular weight is 653 g/mol. The molecule has 0 spiro atoms. The highest BCUT2D eigenvalue weighted by atomic mass is 35.5. The average Bonchev–Trinajstić information content (AvgIpc) is 3.34. The summed E-state index contributed by atoms with van der Waals surface area (Å²) in [4.78, 5) is 42.2. The molecule has 5 rings (SSSR count). The third-order valence-electron chi connectivity index (χ3n) is 8.29. The van der Waals surface area contributed by atoms with Gasteiger partial charge in [-0.1, -0.05) is 48.7 Å². The number of urea groups is 1. The Morgan fingerprint density at radius 1 is 0.911 bits per heavy atom. The van der Waals surface area contributed by atoms with Crippen molar-refractivity contribution >= 4 is 45.8 Å². The van der Waals surface area contributed by atoms with Crippen LogP contribution in [0.25, 0.3) is 0 Å². The van der Waals surface area contributed by atoms with Crippen LogP contribution in [0.4, 0.5) is 9.80 Å². The lowest BCUT2D eigenvalue weighted by atomic mass is 10.0. The molecule has 1 saturated carbocycles. The summed E-state index contributed by atoms with van der Waals surface area (Å²) in [5, 5.41) is 19.6. The SMILES string of the molecule is O=C(Nc1ccc(C(=O)OC2CCCCCC2)s1)N[C@@H](Cc1ccc(O)cc1)C(=O)N[C@H]1CCCN(Cc2ccc(Cl)cc2)C1. The topological polar surface area (TPSA) is 120 Å². The normalized spacial score (nSPS) is 18.4. The number of hydrogen-bond donors (Lipinski definition) is 4. The molecule has 2 heterocycles. The van der Waals surface area contributed by atoms with E-state index in [0.717, 1.165) is 74.1 Å². The maximum atomic E-state index is 13.6. The van der Waals surface area contributed by atoms with Crippen molar-refractivity contribution in [3.8, 4) is 5.75 Å². The van der Waals surface area contributed by atoms with Crippen molar-refractivity contribution in [1.29, 1.82) is 0 Å². The molecule has 3 aromatic rings. The number of piperidine rings is 1. The van der Waals surface area contributed by atoms with Crippen LogP contribution in [0.5, 0.6) is 5.75 Å². The van der Waals surface area contributed by atoms with Gasteiger partial charge in [-0.05, 0) is 92.6 Å². The molecule has 1 aliphatic carbocycles. The summed E-state index contributed by atoms with van der Waals surface area (Å²) >= 11 is 7.18. The Morgan fingerprint density at radius 2 is 1.62 bits per heavy atom. The van der Waals surface area contributed by atoms with Crippen LogP contribution in [-0.2, 0) is 22.5 Å². The molecule has 0 radical (unpaired) electrons. The predicted molar refractivity (Wildman–Crippen MR) is 177 cm³/mol. The van der Waals surface area contributed by atoms with Crippen LogP contribution < -0.4 is 16.0 Å². The van der Waals surface area contributed by atoms with Crippen molar-refractivity contribution in [3.05, 3.63) is 81.7 Å². The number of esters is 1. The number of phenolic OH excluding ortho intramolecular Hbond substituents is 1. The van der Waals surface area contributed by atoms with E-state index in [9.17, 15) is 19.5 Å². The first-order valence-corrected chi connectivity index (χ1v) is 16.9. The van der Waals surface area contributed by atoms with E-state index in [0.29, 0.717) is 21.4 Å². The minimum atomic E-state index is -0.860. The highest BCUT2D eigenvalue weighted by Crippen LogP contribution is 2.26. The number of hydrogen-bond acceptors (Lipinski definition) is 7. The zero-order valence-corrected chi connectivity index (χ0v) is 26.9. The highest BCUT2D eigenvalue weighted by Gasteiger charge is 2.27. The molecule has 240 valence electrons. The minimum Gasteiger partial charge on any atom is -0.508 e. The van der Waals surface area contributed by atoms with Gasteiger partial charge in [0.1, 0.15) is 22.8 Å². The van der Waals surface area contributed by atoms with Crippen LogP contribution in [0.15, 0.2) is 60.7 Å². The molecule has 4 N–H and O–H groups in total. The summed E-state index contributed by atoms with van der Waals surface area (Å²) in [6.07, 6.45) is 8.21. The zero-order chi connectivity index (χ0) is 31.6. The molecule has 1 saturated heterocycles. The first kappa shape index (κ1) is 32.8. The van der Waals surface area contributed by atoms with Crippen molar-refractivity contribution in [1.82, 2.24) is 15.5 Å². The smallest absolute Gasteiger partial charge is 0.348 e. The van der Waals surface area contributed by atoms with Crippen molar-refractivity contribution in [3.63, 3.8) is 0 Å². The molecule has 45 heavy (non-hydrogen) atoms. The van der Waals surface area contributed by atoms with Crippen molar-refractivity contribution in [2.75, 3.05) is 18.4 Å². The van der Waals surface area contributed by atoms with E-state index < -0.39 is 12.1 Å². The van der Waals surface area contributed by atoms with E-state index in [2.05, 4.69) is 20.9 Å². The molecular formula is C34H41ClN4O5S. The Balaban J connectivity index is 1.18. The molecule has 2 fully saturated rings. The van der Waals surface area contributed by atoms with E-state index in [1.165, 1.54) is 12.8 Å². The van der Waals surface area contributed by atoms with Gasteiger partial charge in [-0.25, -0.2) is 9.59 Å². The quantitative estimate of drug-likeness (QED) is 0.147. The van der Waals surface area contributed by atoms with Crippen LogP contribution >= 0.6 is 22.9 Å². The lowest BCUT2D eigenvalue weighted by Gasteiger charge is -2.34. The Hall–Kier alpha value is -3.60. The molecule has 3 amide bonds. The van der Waals surface area contributed by atoms with Gasteiger partial charge in [-0.15, -0.1) is 11.3 Å². The molecule has 2 atom stereocenters. The van der Waals surface area contributed by atoms with Crippen LogP contribution in [0.1, 0.15) is 72.2 Å². The summed E-state index contributed by atoms with van der Waals surface area (Å²) in [5.41, 5.74) is 1.95. The first-order chi connectivity index (χ1) is 21.8. The van der Waals surface area contributed by atoms with Crippen molar-refractivity contribution in [2.24, 2.45) is 0 Å². The molecule has 0 bridgehead atoms. The maximum Gasteiger partial charge on any atom is 0.348 e. The fraction of sp³-hybridized carbons (Fsp3) is 0.441. The molecule has 0 unspecified atom stereocenters. The molecule has 1 aromatic heterocycles. The monoisotopic (exact) mass is 652 g/mol. The highest BCUT2D eigenvalue weighted by molar-refractivity contribution is 7.18. The van der Waals surface area contributed by atoms with E-state index in [4.69, 9.17) is 16.3 Å². The van der Waals surface area contributed by atoms with Crippen LogP contribution in [-0.4, -0.2) is 59.2 Å². The third kappa shape index (κ3) is 10.2. The Morgan fingerprint density at radius 3 is 2.36 bits per heavy atom. The van der Waals surface area contributed by atoms with E-state index >= 15 is 0 Å². The maximum absolute atomic E-state index is 13.6. The lowest BCUT2D eigenvalue weighted by molar-refractivity contribution is -0.124. The second kappa shape index (κ2) is 16.1. The predicted octanol–water partition coefficient (Wildman–Crippen LogP) is 6.50. The number of nitrogens with zero attached hydrogens (tertiary/aromatic N) is 1. The van der Waals surface area contributed by atoms with Gasteiger partial charge in [0.15, 0.2) is 0 Å². The van der Waals surface area contributed by atoms with Crippen molar-refractivity contribution < 1.29 is 24.2 Å². The number of likely N-dealkylation sites (tertiary alicyclic amines) is 1. The van der Waals surface area contributed by atoms with Gasteiger partial charge in [0.25, 0.3) is 0 Å². The summed E-state index contributed by atoms with van der Waals surface area (Å²) in [6.45, 7) is 2.39. The summed E-state index contributed by atoms with van der Waals surface area (Å²) < 4.78 is 5.73. The molecule has 9 nitrogen and oxygen atoms in total. The number of rotatable bonds is 10. The van der Waals surface area contributed by atoms with Crippen molar-refractivity contribution in [2.45, 2.75) is 82.5 Å². The molecule has 1 aliphatic heterocycles. The fourth-order valence-corrected chi connectivity index (χ4v) is 6.84. The number of phenols is 1. The largest absolute Gasteiger partial charge is 0.508 e. The number of nitrogens with one attached hydrogen (secondary N) is 3. The Bertz CT molecular complexity index is 1420. The number of thiophene rings is 1. The van der Waals surface area contributed by atoms with Gasteiger partial charge in [-0.3, -0.25) is 15.0 Å². The third-order valence-corrected chi connectivity index (χ3v) is 9.52. The van der Waals surface area contributed by atoms with Crippen LogP contribution in [0.3, 0.4) is 0 Å². The minimum absolute atomic E-state index is 0.0605. The lowest BCUT2D eigenvalue weighted by Crippen LogP contribution is -2.54. The Kier molecular flexibility index (Phi) is 11.7. The van der Waals surface area contributed by atoms with Gasteiger partial charge in [0.05, 0.1) is 5.00 Å². The number of carbonyl (C=O) groups excluding carboxylic acids is 3. The summed E-state index contributed by atoms with van der Waals surface area (Å²) in [7, 11) is 0. The first-order valence-electron chi connectivity index (χ1n) is 15.7. The molecule has 11 heteroatoms. The number of benzene rings is 2. The van der Waals surface area contributed by atoms with Gasteiger partial charge >= 0.3 is 12.0 Å². The summed E-state index contributed by atoms with van der Waals surface area (Å²) in [6, 6.07) is 16.2. The zero-order valence-electron chi connectivity index (χ0n) is 25.3. The van der Waals surface area contributed by atoms with E-state index in [1.807, 2.05) is 24.3 Å². The number of anilines is 1. The molecule has 2 aromatic carbocycles. The standard InChI is InChI=1S/C34H41ClN4O5S/c35-25-13-9-24(10-14-25)21-39-19-5-6-26(22-39)36-32(41)29(20-23-11-15-27(40)16-12-23)37-34(43)38-31-18-17-30(45-31)33(42)44-28-7-3-1-2-4-8-28/h9-18,26,28-29,40H,1-8,19-22H2,(H,36,41)(H2,37,38,43)/t26-,29-/m0/s1. The van der Waals surface area contributed by atoms with Crippen LogP contribution in [0, 0.1) is 0 Å². The van der Waals surface area contributed by atoms with Gasteiger partial charge in [-0.2, -0.15) is 0 Å². The van der Waals surface area contributed by atoms with E-state index in [1.54, 1.807) is 36.4 Å². The van der Waals surface area contributed by atoms with E-state index in [-0.39, 0.29) is 36.2 Å². The second-order valence-electron chi connectivity index (χ2n) is 11.9. The molecular weight excluding hydrogens is 612 g/mol. The van der Waals surface area contributed by atoms with Crippen LogP contribution in [0.2, 0.25) is 5.02 Å². The van der Waals surface area contributed by atoms with Gasteiger partial charge < -0.3 is 20.5 Å². The number of amides is 3. The van der Waals surface area contributed by atoms with Gasteiger partial charge in [0.2, 0.25) is 5.91 Å². The Labute approximate surface area is 273 Å². The molecule has 2 aliphatic rings. The number of halogens is 1.